The van der Waals surface area contributed by atoms with Crippen LogP contribution in [0.2, 0.25) is 0 Å². The van der Waals surface area contributed by atoms with Gasteiger partial charge in [0.05, 0.1) is 14.2 Å². The second-order valence-corrected chi connectivity index (χ2v) is 12.0. The number of hydrogen-bond acceptors (Lipinski definition) is 7. The molecule has 0 radical (unpaired) electrons. The first-order valence-electron chi connectivity index (χ1n) is 15.8. The van der Waals surface area contributed by atoms with Crippen LogP contribution < -0.4 is 31.3 Å². The molecular weight excluding hydrogens is 592 g/mol. The number of carbonyl (C=O) groups is 1. The number of nitrogens with zero attached hydrogens (tertiary/aromatic N) is 1. The molecule has 4 aromatic rings. The highest BCUT2D eigenvalue weighted by Gasteiger charge is 2.21. The highest BCUT2D eigenvalue weighted by Crippen LogP contribution is 2.33. The van der Waals surface area contributed by atoms with Crippen molar-refractivity contribution in [2.75, 3.05) is 32.8 Å². The number of aryl methyl sites for hydroxylation is 1. The van der Waals surface area contributed by atoms with Gasteiger partial charge in [-0.25, -0.2) is 0 Å². The fourth-order valence-electron chi connectivity index (χ4n) is 6.02. The van der Waals surface area contributed by atoms with Crippen LogP contribution >= 0.6 is 0 Å². The Kier molecular flexibility index (Phi) is 9.56. The molecule has 1 atom stereocenters. The summed E-state index contributed by atoms with van der Waals surface area (Å²) in [5.74, 6) is 1.25. The summed E-state index contributed by atoms with van der Waals surface area (Å²) in [4.78, 5) is 27.3. The first-order chi connectivity index (χ1) is 22.8. The van der Waals surface area contributed by atoms with Crippen molar-refractivity contribution in [1.29, 1.82) is 0 Å². The highest BCUT2D eigenvalue weighted by molar-refractivity contribution is 6.04. The summed E-state index contributed by atoms with van der Waals surface area (Å²) >= 11 is 0. The van der Waals surface area contributed by atoms with Crippen molar-refractivity contribution in [2.45, 2.75) is 32.5 Å². The number of nitrogens with one attached hydrogen (secondary N) is 2. The summed E-state index contributed by atoms with van der Waals surface area (Å²) in [6.07, 6.45) is 8.93. The summed E-state index contributed by atoms with van der Waals surface area (Å²) in [5, 5.41) is 6.18. The van der Waals surface area contributed by atoms with E-state index in [1.165, 1.54) is 0 Å². The lowest BCUT2D eigenvalue weighted by atomic mass is 9.95. The van der Waals surface area contributed by atoms with Crippen molar-refractivity contribution < 1.29 is 19.0 Å². The Morgan fingerprint density at radius 3 is 2.32 bits per heavy atom. The predicted molar refractivity (Wildman–Crippen MR) is 185 cm³/mol. The number of allylic oxidation sites excluding steroid dienone is 2. The minimum absolute atomic E-state index is 0.102. The Labute approximate surface area is 274 Å². The molecule has 2 aliphatic heterocycles. The van der Waals surface area contributed by atoms with Crippen LogP contribution in [-0.2, 0) is 11.3 Å². The quantitative estimate of drug-likeness (QED) is 0.213. The van der Waals surface area contributed by atoms with Crippen molar-refractivity contribution in [1.82, 2.24) is 9.88 Å². The van der Waals surface area contributed by atoms with Crippen LogP contribution in [0.1, 0.15) is 39.9 Å². The molecule has 3 aromatic carbocycles. The van der Waals surface area contributed by atoms with E-state index >= 15 is 0 Å². The zero-order chi connectivity index (χ0) is 32.9. The van der Waals surface area contributed by atoms with E-state index in [9.17, 15) is 9.59 Å². The number of rotatable bonds is 9. The topological polar surface area (TPSA) is 117 Å². The monoisotopic (exact) mass is 632 g/mol. The van der Waals surface area contributed by atoms with Gasteiger partial charge in [-0.05, 0) is 83.9 Å². The number of carbonyl (C=O) groups excluding carboxylic acids is 1. The molecule has 1 unspecified atom stereocenters. The van der Waals surface area contributed by atoms with E-state index in [2.05, 4.69) is 10.6 Å². The number of pyridine rings is 1. The lowest BCUT2D eigenvalue weighted by molar-refractivity contribution is 0.0612. The van der Waals surface area contributed by atoms with Crippen LogP contribution in [0.4, 0.5) is 5.69 Å². The second-order valence-electron chi connectivity index (χ2n) is 12.0. The summed E-state index contributed by atoms with van der Waals surface area (Å²) in [6.45, 7) is 4.17. The maximum atomic E-state index is 13.7. The van der Waals surface area contributed by atoms with E-state index in [0.29, 0.717) is 35.2 Å². The van der Waals surface area contributed by atoms with Crippen LogP contribution in [-0.4, -0.2) is 44.1 Å². The largest absolute Gasteiger partial charge is 0.493 e. The van der Waals surface area contributed by atoms with Gasteiger partial charge in [-0.3, -0.25) is 9.59 Å². The Morgan fingerprint density at radius 1 is 0.936 bits per heavy atom. The Morgan fingerprint density at radius 2 is 1.62 bits per heavy atom. The summed E-state index contributed by atoms with van der Waals surface area (Å²) in [5.41, 5.74) is 12.9. The van der Waals surface area contributed by atoms with Gasteiger partial charge in [0.25, 0.3) is 5.91 Å². The molecule has 6 rings (SSSR count). The third-order valence-electron chi connectivity index (χ3n) is 8.75. The number of nitrogens with two attached hydrogens (primary N) is 1. The van der Waals surface area contributed by atoms with Crippen molar-refractivity contribution >= 4 is 22.7 Å². The van der Waals surface area contributed by atoms with Gasteiger partial charge in [-0.15, -0.1) is 0 Å². The molecule has 1 fully saturated rings. The molecule has 1 aromatic heterocycles. The average molecular weight is 633 g/mol. The van der Waals surface area contributed by atoms with Crippen LogP contribution in [0.25, 0.3) is 22.3 Å². The normalized spacial score (nSPS) is 16.5. The molecule has 0 aliphatic carbocycles. The van der Waals surface area contributed by atoms with E-state index < -0.39 is 12.1 Å². The van der Waals surface area contributed by atoms with Gasteiger partial charge in [0.15, 0.2) is 11.5 Å². The third kappa shape index (κ3) is 7.16. The van der Waals surface area contributed by atoms with E-state index in [1.807, 2.05) is 96.7 Å². The molecule has 47 heavy (non-hydrogen) atoms. The Balaban J connectivity index is 1.24. The van der Waals surface area contributed by atoms with Gasteiger partial charge in [-0.2, -0.15) is 0 Å². The first kappa shape index (κ1) is 31.8. The predicted octanol–water partition coefficient (Wildman–Crippen LogP) is 5.83. The van der Waals surface area contributed by atoms with Gasteiger partial charge in [0.2, 0.25) is 5.43 Å². The van der Waals surface area contributed by atoms with E-state index in [4.69, 9.17) is 19.9 Å². The number of ether oxygens (including phenoxy) is 3. The number of benzene rings is 3. The summed E-state index contributed by atoms with van der Waals surface area (Å²) in [7, 11) is 3.21. The van der Waals surface area contributed by atoms with E-state index in [1.54, 1.807) is 20.4 Å². The van der Waals surface area contributed by atoms with Crippen LogP contribution in [0.5, 0.6) is 11.5 Å². The van der Waals surface area contributed by atoms with Gasteiger partial charge in [0.1, 0.15) is 11.7 Å². The molecule has 2 aliphatic rings. The number of methoxy groups -OCH3 is 2. The zero-order valence-corrected chi connectivity index (χ0v) is 26.9. The van der Waals surface area contributed by atoms with Crippen LogP contribution in [0, 0.1) is 12.8 Å². The van der Waals surface area contributed by atoms with E-state index in [0.717, 1.165) is 59.5 Å². The smallest absolute Gasteiger partial charge is 0.261 e. The number of aromatic nitrogens is 1. The average Bonchev–Trinajstić information content (AvgIpc) is 3.10. The lowest BCUT2D eigenvalue weighted by Crippen LogP contribution is -2.36. The summed E-state index contributed by atoms with van der Waals surface area (Å²) in [6, 6.07) is 21.0. The first-order valence-corrected chi connectivity index (χ1v) is 15.8. The Bertz CT molecular complexity index is 1870. The minimum Gasteiger partial charge on any atom is -0.493 e. The van der Waals surface area contributed by atoms with Crippen molar-refractivity contribution in [3.8, 4) is 22.6 Å². The SMILES string of the molecule is COc1ccc(C2=CNC(N)C(c3ccc(NC(=O)c4cn(CC5CCOCC5)cc(-c5ccc(C)cc5)c4=O)cc3)=C2)cc1OC. The van der Waals surface area contributed by atoms with Gasteiger partial charge in [0, 0.05) is 49.6 Å². The highest BCUT2D eigenvalue weighted by atomic mass is 16.5. The fraction of sp³-hybridized carbons (Fsp3) is 0.263. The minimum atomic E-state index is -0.452. The molecule has 0 bridgehead atoms. The number of amides is 1. The molecule has 242 valence electrons. The van der Waals surface area contributed by atoms with Gasteiger partial charge >= 0.3 is 0 Å². The third-order valence-corrected chi connectivity index (χ3v) is 8.75. The molecule has 1 saturated heterocycles. The van der Waals surface area contributed by atoms with Gasteiger partial charge < -0.3 is 35.1 Å². The maximum Gasteiger partial charge on any atom is 0.261 e. The van der Waals surface area contributed by atoms with Crippen molar-refractivity contribution in [3.05, 3.63) is 124 Å². The molecule has 9 nitrogen and oxygen atoms in total. The molecule has 0 spiro atoms. The van der Waals surface area contributed by atoms with Crippen LogP contribution in [0.15, 0.2) is 96.2 Å². The second kappa shape index (κ2) is 14.1. The standard InChI is InChI=1S/C38H40N4O5/c1-24-4-6-27(7-5-24)32-22-42(21-25-14-16-47-17-15-25)23-33(36(32)43)38(44)41-30-11-8-26(9-12-30)31-18-29(20-40-37(31)39)28-10-13-34(45-2)35(19-28)46-3/h4-13,18-20,22-23,25,37,40H,14-17,21,39H2,1-3H3,(H,41,44). The fourth-order valence-corrected chi connectivity index (χ4v) is 6.02. The number of hydrogen-bond donors (Lipinski definition) is 3. The zero-order valence-electron chi connectivity index (χ0n) is 26.9. The number of anilines is 1. The summed E-state index contributed by atoms with van der Waals surface area (Å²) < 4.78 is 18.4. The maximum absolute atomic E-state index is 13.7. The Hall–Kier alpha value is -5.12. The van der Waals surface area contributed by atoms with Crippen molar-refractivity contribution in [3.63, 3.8) is 0 Å². The van der Waals surface area contributed by atoms with Crippen molar-refractivity contribution in [2.24, 2.45) is 11.7 Å². The molecule has 3 heterocycles. The van der Waals surface area contributed by atoms with Gasteiger partial charge in [-0.1, -0.05) is 48.0 Å². The molecule has 4 N–H and O–H groups in total. The lowest BCUT2D eigenvalue weighted by Gasteiger charge is -2.24. The number of dihydropyridines is 1. The molecule has 9 heteroatoms. The molecule has 1 amide bonds. The molecular formula is C38H40N4O5. The van der Waals surface area contributed by atoms with Crippen LogP contribution in [0.3, 0.4) is 0 Å². The van der Waals surface area contributed by atoms with E-state index in [-0.39, 0.29) is 11.0 Å². The molecule has 0 saturated carbocycles.